The van der Waals surface area contributed by atoms with Crippen LogP contribution in [0.15, 0.2) is 53.7 Å². The molecule has 2 saturated heterocycles. The first-order chi connectivity index (χ1) is 18.0. The number of hydrogen-bond donors (Lipinski definition) is 0. The molecule has 1 amide bonds. The fraction of sp³-hybridized carbons (Fsp3) is 0.444. The highest BCUT2D eigenvalue weighted by atomic mass is 35.5. The van der Waals surface area contributed by atoms with Gasteiger partial charge in [0.2, 0.25) is 5.91 Å². The highest BCUT2D eigenvalue weighted by molar-refractivity contribution is 7.99. The molecule has 3 heterocycles. The summed E-state index contributed by atoms with van der Waals surface area (Å²) < 4.78 is 15.7. The number of amides is 1. The number of anilines is 1. The van der Waals surface area contributed by atoms with Gasteiger partial charge in [-0.05, 0) is 75.3 Å². The van der Waals surface area contributed by atoms with E-state index in [9.17, 15) is 9.18 Å². The SMILES string of the molecule is CC(c1nnc(SCC(=O)N2CCN(c3cccc(Cl)c3)CC2)n1-c1ccc(F)cc1)N1CCCCC1. The Morgan fingerprint density at radius 2 is 1.70 bits per heavy atom. The molecule has 0 aliphatic carbocycles. The van der Waals surface area contributed by atoms with Crippen LogP contribution in [0.5, 0.6) is 0 Å². The van der Waals surface area contributed by atoms with Gasteiger partial charge in [0.25, 0.3) is 0 Å². The Balaban J connectivity index is 1.27. The molecular formula is C27H32ClFN6OS. The number of thioether (sulfide) groups is 1. The summed E-state index contributed by atoms with van der Waals surface area (Å²) in [6, 6.07) is 14.3. The van der Waals surface area contributed by atoms with Gasteiger partial charge in [-0.25, -0.2) is 4.39 Å². The number of carbonyl (C=O) groups is 1. The lowest BCUT2D eigenvalue weighted by Gasteiger charge is -2.36. The maximum absolute atomic E-state index is 13.7. The Hall–Kier alpha value is -2.62. The van der Waals surface area contributed by atoms with Crippen LogP contribution in [0, 0.1) is 5.82 Å². The molecule has 0 N–H and O–H groups in total. The van der Waals surface area contributed by atoms with E-state index in [-0.39, 0.29) is 23.5 Å². The normalized spacial score (nSPS) is 17.7. The Bertz CT molecular complexity index is 1210. The van der Waals surface area contributed by atoms with Gasteiger partial charge in [0.05, 0.1) is 11.8 Å². The molecule has 7 nitrogen and oxygen atoms in total. The number of piperidine rings is 1. The second-order valence-electron chi connectivity index (χ2n) is 9.56. The topological polar surface area (TPSA) is 57.5 Å². The summed E-state index contributed by atoms with van der Waals surface area (Å²) in [5.41, 5.74) is 1.88. The number of likely N-dealkylation sites (tertiary alicyclic amines) is 1. The smallest absolute Gasteiger partial charge is 0.233 e. The van der Waals surface area contributed by atoms with Gasteiger partial charge in [-0.3, -0.25) is 14.3 Å². The van der Waals surface area contributed by atoms with Crippen LogP contribution in [0.1, 0.15) is 38.1 Å². The van der Waals surface area contributed by atoms with Crippen molar-refractivity contribution in [3.63, 3.8) is 0 Å². The Morgan fingerprint density at radius 3 is 2.41 bits per heavy atom. The van der Waals surface area contributed by atoms with Crippen molar-refractivity contribution < 1.29 is 9.18 Å². The van der Waals surface area contributed by atoms with Crippen molar-refractivity contribution >= 4 is 35.0 Å². The first kappa shape index (κ1) is 26.0. The first-order valence-corrected chi connectivity index (χ1v) is 14.2. The van der Waals surface area contributed by atoms with Crippen molar-refractivity contribution in [2.45, 2.75) is 37.4 Å². The second kappa shape index (κ2) is 11.8. The predicted molar refractivity (Wildman–Crippen MR) is 146 cm³/mol. The van der Waals surface area contributed by atoms with E-state index in [0.717, 1.165) is 43.4 Å². The van der Waals surface area contributed by atoms with E-state index in [4.69, 9.17) is 11.6 Å². The summed E-state index contributed by atoms with van der Waals surface area (Å²) in [7, 11) is 0. The van der Waals surface area contributed by atoms with Crippen LogP contribution in [-0.2, 0) is 4.79 Å². The fourth-order valence-corrected chi connectivity index (χ4v) is 6.10. The molecule has 37 heavy (non-hydrogen) atoms. The minimum Gasteiger partial charge on any atom is -0.368 e. The maximum Gasteiger partial charge on any atom is 0.233 e. The number of aromatic nitrogens is 3. The van der Waals surface area contributed by atoms with Crippen LogP contribution in [0.2, 0.25) is 5.02 Å². The van der Waals surface area contributed by atoms with Crippen LogP contribution >= 0.6 is 23.4 Å². The quantitative estimate of drug-likeness (QED) is 0.390. The molecule has 2 aliphatic heterocycles. The summed E-state index contributed by atoms with van der Waals surface area (Å²) in [6.45, 7) is 7.05. The average molecular weight is 543 g/mol. The average Bonchev–Trinajstić information content (AvgIpc) is 3.36. The van der Waals surface area contributed by atoms with Crippen molar-refractivity contribution in [2.75, 3.05) is 49.9 Å². The molecule has 2 fully saturated rings. The van der Waals surface area contributed by atoms with Gasteiger partial charge in [-0.15, -0.1) is 10.2 Å². The molecule has 1 aromatic heterocycles. The van der Waals surface area contributed by atoms with E-state index in [0.29, 0.717) is 23.3 Å². The summed E-state index contributed by atoms with van der Waals surface area (Å²) in [5.74, 6) is 0.881. The van der Waals surface area contributed by atoms with Crippen LogP contribution in [-0.4, -0.2) is 75.5 Å². The molecule has 1 atom stereocenters. The Kier molecular flexibility index (Phi) is 8.32. The van der Waals surface area contributed by atoms with Gasteiger partial charge in [0.1, 0.15) is 5.82 Å². The lowest BCUT2D eigenvalue weighted by molar-refractivity contribution is -0.128. The minimum atomic E-state index is -0.288. The molecular weight excluding hydrogens is 511 g/mol. The summed E-state index contributed by atoms with van der Waals surface area (Å²) in [6.07, 6.45) is 3.61. The van der Waals surface area contributed by atoms with Crippen molar-refractivity contribution in [2.24, 2.45) is 0 Å². The summed E-state index contributed by atoms with van der Waals surface area (Å²) in [5, 5.41) is 10.4. The van der Waals surface area contributed by atoms with Gasteiger partial charge in [0, 0.05) is 42.6 Å². The van der Waals surface area contributed by atoms with Crippen molar-refractivity contribution in [3.05, 3.63) is 65.2 Å². The van der Waals surface area contributed by atoms with E-state index < -0.39 is 0 Å². The number of rotatable bonds is 7. The summed E-state index contributed by atoms with van der Waals surface area (Å²) >= 11 is 7.53. The zero-order valence-electron chi connectivity index (χ0n) is 21.0. The number of piperazine rings is 1. The monoisotopic (exact) mass is 542 g/mol. The minimum absolute atomic E-state index is 0.0717. The number of nitrogens with zero attached hydrogens (tertiary/aromatic N) is 6. The van der Waals surface area contributed by atoms with Crippen LogP contribution in [0.25, 0.3) is 5.69 Å². The van der Waals surface area contributed by atoms with Crippen LogP contribution in [0.4, 0.5) is 10.1 Å². The molecule has 3 aromatic rings. The fourth-order valence-electron chi connectivity index (χ4n) is 5.05. The lowest BCUT2D eigenvalue weighted by Crippen LogP contribution is -2.49. The number of halogens is 2. The summed E-state index contributed by atoms with van der Waals surface area (Å²) in [4.78, 5) is 19.7. The van der Waals surface area contributed by atoms with Gasteiger partial charge >= 0.3 is 0 Å². The number of carbonyl (C=O) groups excluding carboxylic acids is 1. The first-order valence-electron chi connectivity index (χ1n) is 12.9. The molecule has 5 rings (SSSR count). The van der Waals surface area contributed by atoms with Gasteiger partial charge in [0.15, 0.2) is 11.0 Å². The van der Waals surface area contributed by atoms with Gasteiger partial charge in [-0.1, -0.05) is 35.9 Å². The largest absolute Gasteiger partial charge is 0.368 e. The van der Waals surface area contributed by atoms with E-state index in [1.165, 1.54) is 43.2 Å². The molecule has 0 saturated carbocycles. The lowest BCUT2D eigenvalue weighted by atomic mass is 10.1. The molecule has 0 radical (unpaired) electrons. The third kappa shape index (κ3) is 6.10. The van der Waals surface area contributed by atoms with Gasteiger partial charge < -0.3 is 9.80 Å². The van der Waals surface area contributed by atoms with Crippen molar-refractivity contribution in [1.82, 2.24) is 24.6 Å². The highest BCUT2D eigenvalue weighted by Crippen LogP contribution is 2.30. The Labute approximate surface area is 226 Å². The van der Waals surface area contributed by atoms with Crippen LogP contribution in [0.3, 0.4) is 0 Å². The maximum atomic E-state index is 13.7. The second-order valence-corrected chi connectivity index (χ2v) is 10.9. The molecule has 10 heteroatoms. The number of hydrogen-bond acceptors (Lipinski definition) is 6. The molecule has 0 spiro atoms. The molecule has 1 unspecified atom stereocenters. The molecule has 2 aliphatic rings. The Morgan fingerprint density at radius 1 is 0.973 bits per heavy atom. The zero-order valence-corrected chi connectivity index (χ0v) is 22.6. The number of benzene rings is 2. The molecule has 0 bridgehead atoms. The van der Waals surface area contributed by atoms with Crippen molar-refractivity contribution in [1.29, 1.82) is 0 Å². The van der Waals surface area contributed by atoms with E-state index >= 15 is 0 Å². The predicted octanol–water partition coefficient (Wildman–Crippen LogP) is 5.05. The van der Waals surface area contributed by atoms with Crippen molar-refractivity contribution in [3.8, 4) is 5.69 Å². The standard InChI is InChI=1S/C27H32ClFN6OS/c1-20(32-12-3-2-4-13-32)26-30-31-27(35(26)23-10-8-22(29)9-11-23)37-19-25(36)34-16-14-33(15-17-34)24-7-5-6-21(28)18-24/h5-11,18,20H,2-4,12-17,19H2,1H3. The van der Waals surface area contributed by atoms with E-state index in [1.807, 2.05) is 33.7 Å². The van der Waals surface area contributed by atoms with E-state index in [2.05, 4.69) is 26.9 Å². The van der Waals surface area contributed by atoms with Gasteiger partial charge in [-0.2, -0.15) is 0 Å². The molecule has 196 valence electrons. The highest BCUT2D eigenvalue weighted by Gasteiger charge is 2.27. The third-order valence-electron chi connectivity index (χ3n) is 7.19. The van der Waals surface area contributed by atoms with E-state index in [1.54, 1.807) is 12.1 Å². The van der Waals surface area contributed by atoms with Crippen LogP contribution < -0.4 is 4.90 Å². The zero-order chi connectivity index (χ0) is 25.8. The molecule has 2 aromatic carbocycles. The third-order valence-corrected chi connectivity index (χ3v) is 8.33.